The van der Waals surface area contributed by atoms with Gasteiger partial charge < -0.3 is 10.3 Å². The number of aromatic amines is 1. The molecule has 3 rings (SSSR count). The van der Waals surface area contributed by atoms with E-state index in [1.165, 1.54) is 0 Å². The molecule has 0 fully saturated rings. The van der Waals surface area contributed by atoms with E-state index in [-0.39, 0.29) is 18.2 Å². The number of carbonyl (C=O) groups is 3. The fraction of sp³-hybridized carbons (Fsp3) is 0.150. The first-order valence-corrected chi connectivity index (χ1v) is 8.54. The molecule has 4 N–H and O–H groups in total. The van der Waals surface area contributed by atoms with Crippen molar-refractivity contribution in [3.05, 3.63) is 71.9 Å². The minimum atomic E-state index is -0.800. The molecular formula is C20H20N4O3. The van der Waals surface area contributed by atoms with Gasteiger partial charge in [0.15, 0.2) is 0 Å². The highest BCUT2D eigenvalue weighted by molar-refractivity contribution is 5.97. The molecule has 0 spiro atoms. The molecule has 0 aliphatic carbocycles. The maximum Gasteiger partial charge on any atom is 0.260 e. The Hall–Kier alpha value is -3.61. The Labute approximate surface area is 156 Å². The lowest BCUT2D eigenvalue weighted by atomic mass is 10.1. The summed E-state index contributed by atoms with van der Waals surface area (Å²) in [6.45, 7) is 1.54. The second-order valence-corrected chi connectivity index (χ2v) is 6.13. The van der Waals surface area contributed by atoms with Gasteiger partial charge in [-0.2, -0.15) is 0 Å². The van der Waals surface area contributed by atoms with Crippen LogP contribution in [0.5, 0.6) is 0 Å². The summed E-state index contributed by atoms with van der Waals surface area (Å²) >= 11 is 0. The van der Waals surface area contributed by atoms with Crippen molar-refractivity contribution in [1.29, 1.82) is 0 Å². The molecule has 0 saturated heterocycles. The van der Waals surface area contributed by atoms with Crippen molar-refractivity contribution in [2.75, 3.05) is 0 Å². The number of nitrogens with one attached hydrogen (secondary N) is 4. The number of carbonyl (C=O) groups excluding carboxylic acids is 3. The molecule has 0 aliphatic heterocycles. The van der Waals surface area contributed by atoms with E-state index in [9.17, 15) is 14.4 Å². The molecule has 1 heterocycles. The topological polar surface area (TPSA) is 103 Å². The average molecular weight is 364 g/mol. The van der Waals surface area contributed by atoms with E-state index in [1.807, 2.05) is 24.3 Å². The number of fused-ring (bicyclic) bond motifs is 1. The van der Waals surface area contributed by atoms with Gasteiger partial charge in [0.25, 0.3) is 11.8 Å². The van der Waals surface area contributed by atoms with Crippen molar-refractivity contribution in [1.82, 2.24) is 21.2 Å². The molecule has 7 nitrogen and oxygen atoms in total. The van der Waals surface area contributed by atoms with Crippen LogP contribution in [0.4, 0.5) is 0 Å². The summed E-state index contributed by atoms with van der Waals surface area (Å²) < 4.78 is 0. The number of benzene rings is 2. The molecule has 0 unspecified atom stereocenters. The smallest absolute Gasteiger partial charge is 0.260 e. The molecule has 1 atom stereocenters. The minimum absolute atomic E-state index is 0.120. The second-order valence-electron chi connectivity index (χ2n) is 6.13. The first-order chi connectivity index (χ1) is 13.0. The van der Waals surface area contributed by atoms with Crippen LogP contribution in [0.25, 0.3) is 10.9 Å². The van der Waals surface area contributed by atoms with Crippen molar-refractivity contribution in [3.63, 3.8) is 0 Å². The van der Waals surface area contributed by atoms with Crippen molar-refractivity contribution in [2.45, 2.75) is 19.4 Å². The summed E-state index contributed by atoms with van der Waals surface area (Å²) in [4.78, 5) is 39.3. The Bertz CT molecular complexity index is 966. The van der Waals surface area contributed by atoms with E-state index in [0.717, 1.165) is 16.5 Å². The van der Waals surface area contributed by atoms with Crippen LogP contribution in [0.3, 0.4) is 0 Å². The van der Waals surface area contributed by atoms with Gasteiger partial charge in [-0.3, -0.25) is 25.2 Å². The number of rotatable bonds is 5. The van der Waals surface area contributed by atoms with Crippen LogP contribution >= 0.6 is 0 Å². The first kappa shape index (κ1) is 18.2. The van der Waals surface area contributed by atoms with Gasteiger partial charge >= 0.3 is 0 Å². The molecule has 3 amide bonds. The van der Waals surface area contributed by atoms with Gasteiger partial charge in [-0.15, -0.1) is 0 Å². The van der Waals surface area contributed by atoms with Crippen LogP contribution in [-0.4, -0.2) is 28.7 Å². The van der Waals surface area contributed by atoms with Crippen LogP contribution in [0.2, 0.25) is 0 Å². The molecule has 2 aromatic carbocycles. The molecule has 1 aromatic heterocycles. The summed E-state index contributed by atoms with van der Waals surface area (Å²) in [5.41, 5.74) is 6.95. The van der Waals surface area contributed by atoms with E-state index in [0.29, 0.717) is 5.56 Å². The number of H-pyrrole nitrogens is 1. The lowest BCUT2D eigenvalue weighted by Crippen LogP contribution is -2.51. The molecule has 0 bridgehead atoms. The van der Waals surface area contributed by atoms with E-state index in [2.05, 4.69) is 21.2 Å². The minimum Gasteiger partial charge on any atom is -0.361 e. The Morgan fingerprint density at radius 3 is 2.44 bits per heavy atom. The van der Waals surface area contributed by atoms with E-state index in [4.69, 9.17) is 0 Å². The molecule has 7 heteroatoms. The van der Waals surface area contributed by atoms with Gasteiger partial charge in [0.2, 0.25) is 5.91 Å². The molecule has 3 aromatic rings. The van der Waals surface area contributed by atoms with Gasteiger partial charge in [-0.1, -0.05) is 36.4 Å². The number of para-hydroxylation sites is 1. The molecule has 0 radical (unpaired) electrons. The number of hydrazine groups is 1. The third kappa shape index (κ3) is 4.52. The molecule has 0 saturated carbocycles. The fourth-order valence-electron chi connectivity index (χ4n) is 2.67. The van der Waals surface area contributed by atoms with Crippen molar-refractivity contribution in [3.8, 4) is 0 Å². The SMILES string of the molecule is C[C@@H](NC(=O)c1ccccc1)C(=O)NNC(=O)Cc1c[nH]c2ccccc12. The third-order valence-corrected chi connectivity index (χ3v) is 4.13. The van der Waals surface area contributed by atoms with Crippen LogP contribution in [0.1, 0.15) is 22.8 Å². The summed E-state index contributed by atoms with van der Waals surface area (Å²) in [5, 5.41) is 3.54. The summed E-state index contributed by atoms with van der Waals surface area (Å²) in [6.07, 6.45) is 1.89. The van der Waals surface area contributed by atoms with Gasteiger partial charge in [-0.05, 0) is 30.7 Å². The zero-order valence-electron chi connectivity index (χ0n) is 14.8. The zero-order valence-corrected chi connectivity index (χ0v) is 14.8. The van der Waals surface area contributed by atoms with Gasteiger partial charge in [0.1, 0.15) is 6.04 Å². The lowest BCUT2D eigenvalue weighted by Gasteiger charge is -2.14. The van der Waals surface area contributed by atoms with Gasteiger partial charge in [-0.25, -0.2) is 0 Å². The lowest BCUT2D eigenvalue weighted by molar-refractivity contribution is -0.129. The monoisotopic (exact) mass is 364 g/mol. The number of aromatic nitrogens is 1. The number of amides is 3. The van der Waals surface area contributed by atoms with Crippen LogP contribution in [0.15, 0.2) is 60.8 Å². The summed E-state index contributed by atoms with van der Waals surface area (Å²) in [7, 11) is 0. The molecule has 27 heavy (non-hydrogen) atoms. The Morgan fingerprint density at radius 2 is 1.67 bits per heavy atom. The van der Waals surface area contributed by atoms with Crippen LogP contribution in [-0.2, 0) is 16.0 Å². The molecule has 138 valence electrons. The van der Waals surface area contributed by atoms with E-state index < -0.39 is 11.9 Å². The number of hydrogen-bond donors (Lipinski definition) is 4. The molecular weight excluding hydrogens is 344 g/mol. The van der Waals surface area contributed by atoms with E-state index in [1.54, 1.807) is 43.5 Å². The van der Waals surface area contributed by atoms with Gasteiger partial charge in [0, 0.05) is 22.7 Å². The maximum atomic E-state index is 12.1. The van der Waals surface area contributed by atoms with Crippen molar-refractivity contribution >= 4 is 28.6 Å². The second kappa shape index (κ2) is 8.18. The third-order valence-electron chi connectivity index (χ3n) is 4.13. The largest absolute Gasteiger partial charge is 0.361 e. The predicted molar refractivity (Wildman–Crippen MR) is 102 cm³/mol. The van der Waals surface area contributed by atoms with Crippen molar-refractivity contribution < 1.29 is 14.4 Å². The van der Waals surface area contributed by atoms with Gasteiger partial charge in [0.05, 0.1) is 6.42 Å². The maximum absolute atomic E-state index is 12.1. The summed E-state index contributed by atoms with van der Waals surface area (Å²) in [5.74, 6) is -1.22. The Balaban J connectivity index is 1.49. The Morgan fingerprint density at radius 1 is 0.963 bits per heavy atom. The molecule has 0 aliphatic rings. The standard InChI is InChI=1S/C20H20N4O3/c1-13(22-20(27)14-7-3-2-4-8-14)19(26)24-23-18(25)11-15-12-21-17-10-6-5-9-16(15)17/h2-10,12-13,21H,11H2,1H3,(H,22,27)(H,23,25)(H,24,26)/t13-/m1/s1. The highest BCUT2D eigenvalue weighted by atomic mass is 16.2. The average Bonchev–Trinajstić information content (AvgIpc) is 3.09. The summed E-state index contributed by atoms with van der Waals surface area (Å²) in [6, 6.07) is 15.5. The van der Waals surface area contributed by atoms with Crippen LogP contribution in [0, 0.1) is 0 Å². The highest BCUT2D eigenvalue weighted by Crippen LogP contribution is 2.17. The number of hydrogen-bond acceptors (Lipinski definition) is 3. The first-order valence-electron chi connectivity index (χ1n) is 8.54. The van der Waals surface area contributed by atoms with E-state index >= 15 is 0 Å². The normalized spacial score (nSPS) is 11.6. The van der Waals surface area contributed by atoms with Crippen LogP contribution < -0.4 is 16.2 Å². The predicted octanol–water partition coefficient (Wildman–Crippen LogP) is 1.68. The quantitative estimate of drug-likeness (QED) is 0.518. The van der Waals surface area contributed by atoms with Crippen molar-refractivity contribution in [2.24, 2.45) is 0 Å². The Kier molecular flexibility index (Phi) is 5.51. The fourth-order valence-corrected chi connectivity index (χ4v) is 2.67. The zero-order chi connectivity index (χ0) is 19.2. The highest BCUT2D eigenvalue weighted by Gasteiger charge is 2.17.